The Balaban J connectivity index is 2.12. The van der Waals surface area contributed by atoms with E-state index >= 15 is 0 Å². The molecule has 0 bridgehead atoms. The van der Waals surface area contributed by atoms with Crippen molar-refractivity contribution in [2.24, 2.45) is 5.73 Å². The highest BCUT2D eigenvalue weighted by atomic mass is 32.1. The van der Waals surface area contributed by atoms with Crippen LogP contribution >= 0.6 is 12.2 Å². The number of fused-ring (bicyclic) bond motifs is 1. The molecule has 2 aromatic rings. The monoisotopic (exact) mass is 262 g/mol. The number of nitrogens with zero attached hydrogens (tertiary/aromatic N) is 3. The molecule has 0 unspecified atom stereocenters. The van der Waals surface area contributed by atoms with Crippen molar-refractivity contribution in [1.29, 1.82) is 0 Å². The van der Waals surface area contributed by atoms with Gasteiger partial charge in [0.05, 0.1) is 10.4 Å². The summed E-state index contributed by atoms with van der Waals surface area (Å²) in [6, 6.07) is 7.20. The number of unbranched alkanes of at least 4 members (excludes halogenated alkanes) is 1. The van der Waals surface area contributed by atoms with Gasteiger partial charge in [-0.05, 0) is 31.4 Å². The van der Waals surface area contributed by atoms with E-state index in [1.165, 1.54) is 4.68 Å². The van der Waals surface area contributed by atoms with Crippen LogP contribution in [0, 0.1) is 0 Å². The minimum Gasteiger partial charge on any atom is -0.393 e. The van der Waals surface area contributed by atoms with Crippen molar-refractivity contribution in [3.63, 3.8) is 0 Å². The lowest BCUT2D eigenvalue weighted by Gasteiger charge is -2.04. The topological polar surface area (TPSA) is 73.8 Å². The first-order valence-electron chi connectivity index (χ1n) is 5.79. The molecule has 94 valence electrons. The van der Waals surface area contributed by atoms with Crippen LogP contribution in [0.1, 0.15) is 19.3 Å². The van der Waals surface area contributed by atoms with Gasteiger partial charge in [-0.15, -0.1) is 5.10 Å². The van der Waals surface area contributed by atoms with E-state index in [2.05, 4.69) is 10.3 Å². The standard InChI is InChI=1S/C12H14N4OS/c13-11(18)7-3-4-8-16-12(17)9-5-1-2-6-10(9)14-15-16/h1-2,5-6H,3-4,7-8H2,(H2,13,18). The van der Waals surface area contributed by atoms with Gasteiger partial charge in [-0.2, -0.15) is 0 Å². The molecule has 18 heavy (non-hydrogen) atoms. The normalized spacial score (nSPS) is 10.7. The van der Waals surface area contributed by atoms with Gasteiger partial charge in [0.1, 0.15) is 5.52 Å². The van der Waals surface area contributed by atoms with Gasteiger partial charge >= 0.3 is 0 Å². The zero-order valence-corrected chi connectivity index (χ0v) is 10.7. The van der Waals surface area contributed by atoms with E-state index in [0.29, 0.717) is 28.9 Å². The third kappa shape index (κ3) is 2.89. The lowest BCUT2D eigenvalue weighted by atomic mass is 10.2. The molecule has 1 heterocycles. The molecule has 0 fully saturated rings. The predicted molar refractivity (Wildman–Crippen MR) is 74.4 cm³/mol. The molecular weight excluding hydrogens is 248 g/mol. The minimum atomic E-state index is -0.101. The van der Waals surface area contributed by atoms with Crippen LogP contribution < -0.4 is 11.3 Å². The largest absolute Gasteiger partial charge is 0.393 e. The molecule has 1 aromatic heterocycles. The van der Waals surface area contributed by atoms with Gasteiger partial charge in [0.2, 0.25) is 0 Å². The van der Waals surface area contributed by atoms with E-state index in [1.54, 1.807) is 12.1 Å². The Kier molecular flexibility index (Phi) is 3.99. The Morgan fingerprint density at radius 3 is 2.89 bits per heavy atom. The van der Waals surface area contributed by atoms with Crippen LogP contribution in [0.5, 0.6) is 0 Å². The Morgan fingerprint density at radius 2 is 2.11 bits per heavy atom. The van der Waals surface area contributed by atoms with E-state index in [0.717, 1.165) is 12.8 Å². The van der Waals surface area contributed by atoms with Gasteiger partial charge in [-0.3, -0.25) is 4.79 Å². The molecule has 0 aliphatic carbocycles. The van der Waals surface area contributed by atoms with E-state index in [9.17, 15) is 4.79 Å². The smallest absolute Gasteiger partial charge is 0.277 e. The van der Waals surface area contributed by atoms with Crippen LogP contribution in [0.15, 0.2) is 29.1 Å². The molecule has 1 aromatic carbocycles. The highest BCUT2D eigenvalue weighted by Gasteiger charge is 2.04. The summed E-state index contributed by atoms with van der Waals surface area (Å²) in [4.78, 5) is 12.6. The van der Waals surface area contributed by atoms with Gasteiger partial charge < -0.3 is 5.73 Å². The number of aromatic nitrogens is 3. The van der Waals surface area contributed by atoms with E-state index in [-0.39, 0.29) is 5.56 Å². The third-order valence-corrected chi connectivity index (χ3v) is 2.88. The maximum Gasteiger partial charge on any atom is 0.277 e. The molecule has 0 radical (unpaired) electrons. The zero-order chi connectivity index (χ0) is 13.0. The third-order valence-electron chi connectivity index (χ3n) is 2.67. The lowest BCUT2D eigenvalue weighted by molar-refractivity contribution is 0.516. The van der Waals surface area contributed by atoms with Gasteiger partial charge in [-0.25, -0.2) is 4.68 Å². The van der Waals surface area contributed by atoms with Gasteiger partial charge in [0.15, 0.2) is 0 Å². The maximum atomic E-state index is 12.1. The number of aryl methyl sites for hydroxylation is 1. The summed E-state index contributed by atoms with van der Waals surface area (Å²) in [7, 11) is 0. The van der Waals surface area contributed by atoms with Crippen LogP contribution in [0.3, 0.4) is 0 Å². The van der Waals surface area contributed by atoms with Gasteiger partial charge in [0, 0.05) is 6.54 Å². The Bertz CT molecular complexity index is 623. The number of thiocarbonyl (C=S) groups is 1. The predicted octanol–water partition coefficient (Wildman–Crippen LogP) is 1.25. The molecule has 0 aliphatic rings. The lowest BCUT2D eigenvalue weighted by Crippen LogP contribution is -2.24. The minimum absolute atomic E-state index is 0.101. The second kappa shape index (κ2) is 5.68. The number of rotatable bonds is 5. The highest BCUT2D eigenvalue weighted by Crippen LogP contribution is 2.04. The van der Waals surface area contributed by atoms with Crippen LogP contribution in [0.25, 0.3) is 10.9 Å². The first-order valence-corrected chi connectivity index (χ1v) is 6.20. The maximum absolute atomic E-state index is 12.1. The first kappa shape index (κ1) is 12.6. The highest BCUT2D eigenvalue weighted by molar-refractivity contribution is 7.80. The molecule has 6 heteroatoms. The molecule has 0 atom stereocenters. The van der Waals surface area contributed by atoms with Crippen LogP contribution in [0.4, 0.5) is 0 Å². The Morgan fingerprint density at radius 1 is 1.33 bits per heavy atom. The average molecular weight is 262 g/mol. The molecular formula is C12H14N4OS. The average Bonchev–Trinajstić information content (AvgIpc) is 2.37. The fraction of sp³-hybridized carbons (Fsp3) is 0.333. The van der Waals surface area contributed by atoms with Crippen LogP contribution in [-0.4, -0.2) is 20.0 Å². The van der Waals surface area contributed by atoms with Crippen molar-refractivity contribution >= 4 is 28.1 Å². The van der Waals surface area contributed by atoms with Crippen molar-refractivity contribution in [2.45, 2.75) is 25.8 Å². The van der Waals surface area contributed by atoms with Crippen LogP contribution in [0.2, 0.25) is 0 Å². The SMILES string of the molecule is NC(=S)CCCCn1nnc2ccccc2c1=O. The second-order valence-corrected chi connectivity index (χ2v) is 4.58. The van der Waals surface area contributed by atoms with E-state index in [1.807, 2.05) is 12.1 Å². The van der Waals surface area contributed by atoms with Crippen molar-refractivity contribution in [3.8, 4) is 0 Å². The number of nitrogens with two attached hydrogens (primary N) is 1. The summed E-state index contributed by atoms with van der Waals surface area (Å²) in [5.41, 5.74) is 5.94. The summed E-state index contributed by atoms with van der Waals surface area (Å²) in [6.45, 7) is 0.541. The van der Waals surface area contributed by atoms with E-state index in [4.69, 9.17) is 18.0 Å². The number of hydrogen-bond acceptors (Lipinski definition) is 4. The van der Waals surface area contributed by atoms with Crippen molar-refractivity contribution in [2.75, 3.05) is 0 Å². The molecule has 0 saturated heterocycles. The molecule has 2 N–H and O–H groups in total. The quantitative estimate of drug-likeness (QED) is 0.648. The van der Waals surface area contributed by atoms with Crippen molar-refractivity contribution in [1.82, 2.24) is 15.0 Å². The van der Waals surface area contributed by atoms with E-state index < -0.39 is 0 Å². The van der Waals surface area contributed by atoms with Gasteiger partial charge in [0.25, 0.3) is 5.56 Å². The zero-order valence-electron chi connectivity index (χ0n) is 9.87. The van der Waals surface area contributed by atoms with Gasteiger partial charge in [-0.1, -0.05) is 29.6 Å². The van der Waals surface area contributed by atoms with Crippen LogP contribution in [-0.2, 0) is 6.54 Å². The van der Waals surface area contributed by atoms with Crippen molar-refractivity contribution < 1.29 is 0 Å². The first-order chi connectivity index (χ1) is 8.68. The van der Waals surface area contributed by atoms with Crippen molar-refractivity contribution in [3.05, 3.63) is 34.6 Å². The second-order valence-electron chi connectivity index (χ2n) is 4.06. The summed E-state index contributed by atoms with van der Waals surface area (Å²) in [6.07, 6.45) is 2.37. The number of hydrogen-bond donors (Lipinski definition) is 1. The molecule has 0 aliphatic heterocycles. The molecule has 0 spiro atoms. The summed E-state index contributed by atoms with van der Waals surface area (Å²) >= 11 is 4.80. The molecule has 0 saturated carbocycles. The summed E-state index contributed by atoms with van der Waals surface area (Å²) in [5, 5.41) is 8.53. The Hall–Kier alpha value is -1.82. The molecule has 2 rings (SSSR count). The molecule has 0 amide bonds. The fourth-order valence-electron chi connectivity index (χ4n) is 1.73. The molecule has 5 nitrogen and oxygen atoms in total. The summed E-state index contributed by atoms with van der Waals surface area (Å²) in [5.74, 6) is 0. The Labute approximate surface area is 110 Å². The number of benzene rings is 1. The summed E-state index contributed by atoms with van der Waals surface area (Å²) < 4.78 is 1.39. The fourth-order valence-corrected chi connectivity index (χ4v) is 1.87.